The Morgan fingerprint density at radius 1 is 0.394 bits per heavy atom. The highest BCUT2D eigenvalue weighted by Gasteiger charge is 2.42. The fraction of sp³-hybridized carbons (Fsp3) is 0.741. The Balaban J connectivity index is 1.44. The van der Waals surface area contributed by atoms with E-state index in [1.165, 1.54) is 0 Å². The van der Waals surface area contributed by atoms with Crippen molar-refractivity contribution in [3.8, 4) is 0 Å². The van der Waals surface area contributed by atoms with E-state index in [1.54, 1.807) is 24.3 Å². The average Bonchev–Trinajstić information content (AvgIpc) is 3.17. The molecule has 8 unspecified atom stereocenters. The molecule has 4 fully saturated rings. The second-order valence-corrected chi connectivity index (χ2v) is 24.5. The maximum Gasteiger partial charge on any atom is 0.339 e. The lowest BCUT2D eigenvalue weighted by molar-refractivity contribution is -0.00392. The van der Waals surface area contributed by atoms with Crippen LogP contribution >= 0.6 is 0 Å². The fourth-order valence-corrected chi connectivity index (χ4v) is 11.2. The molecule has 12 nitrogen and oxygen atoms in total. The summed E-state index contributed by atoms with van der Waals surface area (Å²) in [7, 11) is 0. The van der Waals surface area contributed by atoms with Gasteiger partial charge in [0.25, 0.3) is 0 Å². The van der Waals surface area contributed by atoms with Crippen LogP contribution in [-0.4, -0.2) is 94.6 Å². The van der Waals surface area contributed by atoms with Crippen LogP contribution in [0.4, 0.5) is 0 Å². The van der Waals surface area contributed by atoms with Crippen LogP contribution in [0, 0.1) is 23.7 Å². The van der Waals surface area contributed by atoms with Gasteiger partial charge >= 0.3 is 23.9 Å². The monoisotopic (exact) mass is 917 g/mol. The summed E-state index contributed by atoms with van der Waals surface area (Å²) in [6, 6.07) is 6.97. The number of hydrogen-bond acceptors (Lipinski definition) is 12. The second kappa shape index (κ2) is 19.8. The Morgan fingerprint density at radius 3 is 0.742 bits per heavy atom. The van der Waals surface area contributed by atoms with Crippen LogP contribution in [0.3, 0.4) is 0 Å². The largest absolute Gasteiger partial charge is 0.459 e. The fourth-order valence-electron chi connectivity index (χ4n) is 11.2. The molecule has 2 aromatic carbocycles. The molecule has 4 aliphatic rings. The van der Waals surface area contributed by atoms with Gasteiger partial charge < -0.3 is 40.2 Å². The number of nitrogens with one attached hydrogen (secondary N) is 4. The minimum absolute atomic E-state index is 0.0460. The van der Waals surface area contributed by atoms with Gasteiger partial charge in [0.05, 0.1) is 22.3 Å². The minimum atomic E-state index is -0.641. The summed E-state index contributed by atoms with van der Waals surface area (Å²) in [5.41, 5.74) is -0.940. The van der Waals surface area contributed by atoms with Gasteiger partial charge in [-0.05, 0) is 114 Å². The molecule has 8 atom stereocenters. The highest BCUT2D eigenvalue weighted by atomic mass is 16.6. The second-order valence-electron chi connectivity index (χ2n) is 24.5. The Labute approximate surface area is 395 Å². The van der Waals surface area contributed by atoms with Crippen LogP contribution in [0.25, 0.3) is 10.8 Å². The van der Waals surface area contributed by atoms with Crippen LogP contribution in [0.5, 0.6) is 0 Å². The van der Waals surface area contributed by atoms with Crippen molar-refractivity contribution in [3.05, 3.63) is 46.5 Å². The van der Waals surface area contributed by atoms with E-state index in [1.807, 2.05) is 0 Å². The van der Waals surface area contributed by atoms with Crippen LogP contribution in [0.1, 0.15) is 204 Å². The third-order valence-electron chi connectivity index (χ3n) is 14.6. The number of esters is 4. The van der Waals surface area contributed by atoms with Crippen molar-refractivity contribution >= 4 is 34.6 Å². The van der Waals surface area contributed by atoms with Gasteiger partial charge in [-0.25, -0.2) is 19.2 Å². The van der Waals surface area contributed by atoms with E-state index in [0.29, 0.717) is 85.8 Å². The molecule has 0 aromatic heterocycles. The molecular weight excluding hydrogens is 833 g/mol. The molecule has 0 bridgehead atoms. The van der Waals surface area contributed by atoms with Gasteiger partial charge in [0.1, 0.15) is 24.4 Å². The molecular formula is C54H84N4O8. The molecule has 368 valence electrons. The van der Waals surface area contributed by atoms with Gasteiger partial charge in [0.2, 0.25) is 0 Å². The van der Waals surface area contributed by atoms with Crippen molar-refractivity contribution in [2.24, 2.45) is 23.7 Å². The highest BCUT2D eigenvalue weighted by Crippen LogP contribution is 2.35. The number of hydrogen-bond donors (Lipinski definition) is 4. The lowest BCUT2D eigenvalue weighted by Crippen LogP contribution is -2.56. The number of piperidine rings is 4. The summed E-state index contributed by atoms with van der Waals surface area (Å²) < 4.78 is 25.4. The van der Waals surface area contributed by atoms with Gasteiger partial charge in [0.15, 0.2) is 0 Å². The summed E-state index contributed by atoms with van der Waals surface area (Å²) >= 11 is 0. The number of fused-ring (bicyclic) bond motifs is 1. The van der Waals surface area contributed by atoms with Crippen molar-refractivity contribution in [3.63, 3.8) is 0 Å². The molecule has 4 heterocycles. The Morgan fingerprint density at radius 2 is 0.576 bits per heavy atom. The predicted molar refractivity (Wildman–Crippen MR) is 261 cm³/mol. The van der Waals surface area contributed by atoms with Crippen molar-refractivity contribution in [1.29, 1.82) is 0 Å². The SMILES string of the molecule is CC(C)C1CC(OC(=O)c2cc3cc(C(=O)OC4CC(C(C)C)NC(C)(C)C4)c(C(=O)OC4CC(C(C)C)NC(C)(C)C4)cc3cc2C(=O)OC2CC(C(C)C)NC(C)(C)C2)CC(C)(C)N1. The Kier molecular flexibility index (Phi) is 15.5. The first-order valence-electron chi connectivity index (χ1n) is 25.1. The molecule has 0 aliphatic carbocycles. The van der Waals surface area contributed by atoms with Crippen LogP contribution in [0.2, 0.25) is 0 Å². The van der Waals surface area contributed by atoms with Gasteiger partial charge in [-0.1, -0.05) is 55.4 Å². The van der Waals surface area contributed by atoms with E-state index >= 15 is 0 Å². The van der Waals surface area contributed by atoms with Crippen molar-refractivity contribution in [2.45, 2.75) is 233 Å². The number of ether oxygens (including phenoxy) is 4. The Hall–Kier alpha value is -3.58. The van der Waals surface area contributed by atoms with Crippen LogP contribution < -0.4 is 21.3 Å². The number of carbonyl (C=O) groups is 4. The molecule has 4 N–H and O–H groups in total. The maximum atomic E-state index is 14.6. The summed E-state index contributed by atoms with van der Waals surface area (Å²) in [5, 5.41) is 15.8. The first-order valence-corrected chi connectivity index (χ1v) is 25.1. The third-order valence-corrected chi connectivity index (χ3v) is 14.6. The molecule has 2 aromatic rings. The lowest BCUT2D eigenvalue weighted by Gasteiger charge is -2.43. The average molecular weight is 917 g/mol. The maximum absolute atomic E-state index is 14.6. The highest BCUT2D eigenvalue weighted by molar-refractivity contribution is 6.11. The predicted octanol–water partition coefficient (Wildman–Crippen LogP) is 9.69. The summed E-state index contributed by atoms with van der Waals surface area (Å²) in [4.78, 5) is 58.5. The zero-order chi connectivity index (χ0) is 48.8. The smallest absolute Gasteiger partial charge is 0.339 e. The van der Waals surface area contributed by atoms with E-state index in [2.05, 4.69) is 132 Å². The quantitative estimate of drug-likeness (QED) is 0.118. The molecule has 12 heteroatoms. The van der Waals surface area contributed by atoms with E-state index in [9.17, 15) is 19.2 Å². The van der Waals surface area contributed by atoms with Crippen LogP contribution in [0.15, 0.2) is 24.3 Å². The van der Waals surface area contributed by atoms with Gasteiger partial charge in [-0.2, -0.15) is 0 Å². The van der Waals surface area contributed by atoms with E-state index in [4.69, 9.17) is 18.9 Å². The van der Waals surface area contributed by atoms with Crippen LogP contribution in [-0.2, 0) is 18.9 Å². The number of benzene rings is 2. The molecule has 0 spiro atoms. The number of rotatable bonds is 12. The normalized spacial score (nSPS) is 29.5. The lowest BCUT2D eigenvalue weighted by atomic mass is 9.83. The summed E-state index contributed by atoms with van der Waals surface area (Å²) in [5.74, 6) is -1.32. The van der Waals surface area contributed by atoms with Crippen molar-refractivity contribution in [2.75, 3.05) is 0 Å². The van der Waals surface area contributed by atoms with Gasteiger partial charge in [-0.15, -0.1) is 0 Å². The molecule has 0 saturated carbocycles. The first-order chi connectivity index (χ1) is 30.5. The third kappa shape index (κ3) is 12.9. The molecule has 0 amide bonds. The molecule has 0 radical (unpaired) electrons. The molecule has 66 heavy (non-hydrogen) atoms. The zero-order valence-corrected chi connectivity index (χ0v) is 43.2. The topological polar surface area (TPSA) is 153 Å². The van der Waals surface area contributed by atoms with E-state index in [0.717, 1.165) is 0 Å². The van der Waals surface area contributed by atoms with Crippen molar-refractivity contribution < 1.29 is 38.1 Å². The standard InChI is InChI=1S/C54H84N4O8/c1-29(2)43-21-35(25-51(9,10)55-43)63-47(59)39-17-33-19-41(49(61)65-37-23-45(31(5)6)57-53(13,14)27-37)42(50(62)66-38-24-46(32(7)8)58-54(15,16)28-38)20-34(33)18-40(39)48(60)64-36-22-44(30(3)4)56-52(11,12)26-36/h17-20,29-32,35-38,43-46,55-58H,21-28H2,1-16H3. The van der Waals surface area contributed by atoms with Gasteiger partial charge in [-0.3, -0.25) is 0 Å². The number of carbonyl (C=O) groups excluding carboxylic acids is 4. The first kappa shape index (κ1) is 51.8. The molecule has 6 rings (SSSR count). The summed E-state index contributed by atoms with van der Waals surface area (Å²) in [6.07, 6.45) is 3.25. The molecule has 4 saturated heterocycles. The zero-order valence-electron chi connectivity index (χ0n) is 43.2. The Bertz CT molecular complexity index is 1820. The summed E-state index contributed by atoms with van der Waals surface area (Å²) in [6.45, 7) is 34.1. The van der Waals surface area contributed by atoms with Crippen molar-refractivity contribution in [1.82, 2.24) is 21.3 Å². The van der Waals surface area contributed by atoms with E-state index in [-0.39, 0.29) is 68.6 Å². The minimum Gasteiger partial charge on any atom is -0.459 e. The van der Waals surface area contributed by atoms with E-state index < -0.39 is 48.3 Å². The van der Waals surface area contributed by atoms with Gasteiger partial charge in [0, 0.05) is 97.7 Å². The molecule has 4 aliphatic heterocycles.